The van der Waals surface area contributed by atoms with Crippen molar-refractivity contribution in [3.8, 4) is 0 Å². The van der Waals surface area contributed by atoms with Gasteiger partial charge in [0.1, 0.15) is 17.9 Å². The molecular weight excluding hydrogens is 216 g/mol. The van der Waals surface area contributed by atoms with Gasteiger partial charge in [0.05, 0.1) is 11.8 Å². The van der Waals surface area contributed by atoms with Crippen molar-refractivity contribution in [1.82, 2.24) is 0 Å². The number of halogens is 1. The molecule has 0 aromatic rings. The van der Waals surface area contributed by atoms with Gasteiger partial charge in [-0.1, -0.05) is 12.8 Å². The number of ketones is 2. The highest BCUT2D eigenvalue weighted by Gasteiger charge is 2.11. The molecule has 0 fully saturated rings. The summed E-state index contributed by atoms with van der Waals surface area (Å²) in [5.41, 5.74) is 0. The summed E-state index contributed by atoms with van der Waals surface area (Å²) in [4.78, 5) is 32.2. The molecule has 0 saturated heterocycles. The normalized spacial score (nSPS) is 12.1. The van der Waals surface area contributed by atoms with Crippen LogP contribution in [0.5, 0.6) is 0 Å². The van der Waals surface area contributed by atoms with E-state index in [1.54, 1.807) is 0 Å². The molecule has 0 aliphatic rings. The van der Waals surface area contributed by atoms with Crippen LogP contribution in [0.3, 0.4) is 0 Å². The molecule has 86 valence electrons. The third kappa shape index (κ3) is 7.25. The maximum absolute atomic E-state index is 10.9. The van der Waals surface area contributed by atoms with Gasteiger partial charge < -0.3 is 4.79 Å². The molecule has 0 heterocycles. The molecule has 0 aliphatic carbocycles. The molecule has 1 atom stereocenters. The highest BCUT2D eigenvalue weighted by Crippen LogP contribution is 2.10. The van der Waals surface area contributed by atoms with Crippen molar-refractivity contribution < 1.29 is 14.4 Å². The molecule has 0 spiro atoms. The van der Waals surface area contributed by atoms with E-state index in [2.05, 4.69) is 0 Å². The molecule has 15 heavy (non-hydrogen) atoms. The zero-order valence-electron chi connectivity index (χ0n) is 9.00. The number of hydrogen-bond acceptors (Lipinski definition) is 3. The Morgan fingerprint density at radius 3 is 2.40 bits per heavy atom. The molecule has 0 aliphatic heterocycles. The Balaban J connectivity index is 3.49. The molecule has 0 saturated carbocycles. The van der Waals surface area contributed by atoms with E-state index in [0.717, 1.165) is 19.3 Å². The molecule has 0 aromatic heterocycles. The number of hydrogen-bond donors (Lipinski definition) is 0. The van der Waals surface area contributed by atoms with E-state index in [1.807, 2.05) is 0 Å². The molecule has 0 bridgehead atoms. The van der Waals surface area contributed by atoms with Crippen molar-refractivity contribution in [2.24, 2.45) is 5.92 Å². The lowest BCUT2D eigenvalue weighted by atomic mass is 9.98. The smallest absolute Gasteiger partial charge is 0.147 e. The van der Waals surface area contributed by atoms with Gasteiger partial charge in [0.25, 0.3) is 0 Å². The summed E-state index contributed by atoms with van der Waals surface area (Å²) in [5, 5.41) is 0. The Bertz CT molecular complexity index is 226. The van der Waals surface area contributed by atoms with Crippen molar-refractivity contribution in [2.45, 2.75) is 39.0 Å². The lowest BCUT2D eigenvalue weighted by molar-refractivity contribution is -0.126. The molecule has 0 amide bonds. The summed E-state index contributed by atoms with van der Waals surface area (Å²) >= 11 is 5.34. The third-order valence-corrected chi connectivity index (χ3v) is 2.60. The first-order valence-corrected chi connectivity index (χ1v) is 5.68. The molecule has 0 N–H and O–H groups in total. The molecule has 0 rings (SSSR count). The minimum atomic E-state index is -0.464. The SMILES string of the molecule is CC(=O)[C@H](C=O)CCCCCC(=O)CCl. The van der Waals surface area contributed by atoms with Crippen LogP contribution in [0.1, 0.15) is 39.0 Å². The Morgan fingerprint density at radius 2 is 1.93 bits per heavy atom. The first kappa shape index (κ1) is 14.3. The quantitative estimate of drug-likeness (QED) is 0.265. The molecule has 4 heteroatoms. The van der Waals surface area contributed by atoms with Crippen LogP contribution in [0, 0.1) is 5.92 Å². The summed E-state index contributed by atoms with van der Waals surface area (Å²) in [5.74, 6) is -0.421. The minimum absolute atomic E-state index is 0.0511. The highest BCUT2D eigenvalue weighted by atomic mass is 35.5. The van der Waals surface area contributed by atoms with Crippen molar-refractivity contribution in [1.29, 1.82) is 0 Å². The summed E-state index contributed by atoms with van der Waals surface area (Å²) < 4.78 is 0. The van der Waals surface area contributed by atoms with E-state index in [-0.39, 0.29) is 17.4 Å². The van der Waals surface area contributed by atoms with Gasteiger partial charge in [-0.05, 0) is 19.8 Å². The van der Waals surface area contributed by atoms with Gasteiger partial charge in [-0.15, -0.1) is 11.6 Å². The van der Waals surface area contributed by atoms with E-state index >= 15 is 0 Å². The Morgan fingerprint density at radius 1 is 1.27 bits per heavy atom. The Labute approximate surface area is 95.2 Å². The van der Waals surface area contributed by atoms with E-state index in [9.17, 15) is 14.4 Å². The van der Waals surface area contributed by atoms with Crippen LogP contribution < -0.4 is 0 Å². The van der Waals surface area contributed by atoms with Crippen molar-refractivity contribution in [3.63, 3.8) is 0 Å². The number of Topliss-reactive ketones (excluding diaryl/α,β-unsaturated/α-hetero) is 2. The summed E-state index contributed by atoms with van der Waals surface area (Å²) in [6.45, 7) is 1.43. The van der Waals surface area contributed by atoms with Crippen LogP contribution in [0.25, 0.3) is 0 Å². The van der Waals surface area contributed by atoms with Gasteiger partial charge in [-0.3, -0.25) is 9.59 Å². The van der Waals surface area contributed by atoms with E-state index in [0.29, 0.717) is 19.1 Å². The summed E-state index contributed by atoms with van der Waals surface area (Å²) in [6.07, 6.45) is 4.24. The fourth-order valence-electron chi connectivity index (χ4n) is 1.30. The predicted molar refractivity (Wildman–Crippen MR) is 59.0 cm³/mol. The monoisotopic (exact) mass is 232 g/mol. The van der Waals surface area contributed by atoms with Gasteiger partial charge in [0, 0.05) is 6.42 Å². The molecule has 0 radical (unpaired) electrons. The van der Waals surface area contributed by atoms with E-state index < -0.39 is 5.92 Å². The fraction of sp³-hybridized carbons (Fsp3) is 0.727. The Kier molecular flexibility index (Phi) is 8.19. The second-order valence-corrected chi connectivity index (χ2v) is 3.89. The molecular formula is C11H17ClO3. The van der Waals surface area contributed by atoms with Gasteiger partial charge in [0.15, 0.2) is 0 Å². The molecule has 3 nitrogen and oxygen atoms in total. The van der Waals surface area contributed by atoms with Crippen LogP contribution in [-0.4, -0.2) is 23.7 Å². The van der Waals surface area contributed by atoms with Crippen LogP contribution in [0.15, 0.2) is 0 Å². The lowest BCUT2D eigenvalue weighted by Crippen LogP contribution is -2.12. The zero-order valence-corrected chi connectivity index (χ0v) is 9.76. The fourth-order valence-corrected chi connectivity index (χ4v) is 1.43. The molecule has 0 aromatic carbocycles. The summed E-state index contributed by atoms with van der Waals surface area (Å²) in [7, 11) is 0. The average Bonchev–Trinajstić information content (AvgIpc) is 2.22. The standard InChI is InChI=1S/C11H17ClO3/c1-9(14)10(8-13)5-3-2-4-6-11(15)7-12/h8,10H,2-7H2,1H3/t10-/m0/s1. The first-order chi connectivity index (χ1) is 7.11. The largest absolute Gasteiger partial charge is 0.303 e. The third-order valence-electron chi connectivity index (χ3n) is 2.31. The van der Waals surface area contributed by atoms with Crippen molar-refractivity contribution in [3.05, 3.63) is 0 Å². The minimum Gasteiger partial charge on any atom is -0.303 e. The lowest BCUT2D eigenvalue weighted by Gasteiger charge is -2.05. The maximum atomic E-state index is 10.9. The van der Waals surface area contributed by atoms with Gasteiger partial charge in [-0.25, -0.2) is 0 Å². The highest BCUT2D eigenvalue weighted by molar-refractivity contribution is 6.27. The number of unbranched alkanes of at least 4 members (excludes halogenated alkanes) is 2. The van der Waals surface area contributed by atoms with Crippen LogP contribution in [0.4, 0.5) is 0 Å². The summed E-state index contributed by atoms with van der Waals surface area (Å²) in [6, 6.07) is 0. The topological polar surface area (TPSA) is 51.2 Å². The Hall–Kier alpha value is -0.700. The van der Waals surface area contributed by atoms with Crippen LogP contribution >= 0.6 is 11.6 Å². The van der Waals surface area contributed by atoms with Gasteiger partial charge in [0.2, 0.25) is 0 Å². The number of aldehydes is 1. The number of alkyl halides is 1. The first-order valence-electron chi connectivity index (χ1n) is 5.15. The van der Waals surface area contributed by atoms with Gasteiger partial charge >= 0.3 is 0 Å². The van der Waals surface area contributed by atoms with Gasteiger partial charge in [-0.2, -0.15) is 0 Å². The maximum Gasteiger partial charge on any atom is 0.147 e. The van der Waals surface area contributed by atoms with Crippen molar-refractivity contribution >= 4 is 29.5 Å². The van der Waals surface area contributed by atoms with E-state index in [1.165, 1.54) is 6.92 Å². The van der Waals surface area contributed by atoms with Crippen LogP contribution in [-0.2, 0) is 14.4 Å². The second-order valence-electron chi connectivity index (χ2n) is 3.62. The van der Waals surface area contributed by atoms with E-state index in [4.69, 9.17) is 11.6 Å². The number of carbonyl (C=O) groups is 3. The molecule has 0 unspecified atom stereocenters. The second kappa shape index (κ2) is 8.60. The number of carbonyl (C=O) groups excluding carboxylic acids is 3. The predicted octanol–water partition coefficient (Wildman–Crippen LogP) is 2.15. The van der Waals surface area contributed by atoms with Crippen LogP contribution in [0.2, 0.25) is 0 Å². The zero-order chi connectivity index (χ0) is 11.7. The van der Waals surface area contributed by atoms with Crippen molar-refractivity contribution in [2.75, 3.05) is 5.88 Å². The average molecular weight is 233 g/mol. The number of rotatable bonds is 9.